The highest BCUT2D eigenvalue weighted by atomic mass is 19.3. The molecule has 2 aromatic rings. The van der Waals surface area contributed by atoms with Gasteiger partial charge in [0.25, 0.3) is 5.91 Å². The predicted octanol–water partition coefficient (Wildman–Crippen LogP) is 3.67. The number of hydrogen-bond acceptors (Lipinski definition) is 4. The molecule has 3 rings (SSSR count). The van der Waals surface area contributed by atoms with Crippen molar-refractivity contribution in [3.05, 3.63) is 42.0 Å². The average Bonchev–Trinajstić information content (AvgIpc) is 2.49. The number of benzene rings is 2. The molecule has 1 aliphatic rings. The highest BCUT2D eigenvalue weighted by Gasteiger charge is 2.16. The van der Waals surface area contributed by atoms with Gasteiger partial charge in [-0.2, -0.15) is 8.78 Å². The zero-order valence-corrected chi connectivity index (χ0v) is 12.2. The standard InChI is InChI=1S/C16H14F2N2O3/c1-9-6-11(23-16(17)18)3-5-12(9)19-10-2-4-13-14(7-10)22-8-15(21)20-13/h2-7,16,19H,8H2,1H3,(H,20,21). The molecule has 0 bridgehead atoms. The van der Waals surface area contributed by atoms with Gasteiger partial charge >= 0.3 is 6.61 Å². The Kier molecular flexibility index (Phi) is 4.01. The molecular weight excluding hydrogens is 306 g/mol. The Hall–Kier alpha value is -2.83. The van der Waals surface area contributed by atoms with Crippen molar-refractivity contribution in [2.24, 2.45) is 0 Å². The fourth-order valence-corrected chi connectivity index (χ4v) is 2.26. The van der Waals surface area contributed by atoms with Gasteiger partial charge in [-0.25, -0.2) is 0 Å². The Balaban J connectivity index is 1.78. The van der Waals surface area contributed by atoms with Gasteiger partial charge in [-0.05, 0) is 42.8 Å². The first-order chi connectivity index (χ1) is 11.0. The van der Waals surface area contributed by atoms with Crippen molar-refractivity contribution in [3.8, 4) is 11.5 Å². The minimum atomic E-state index is -2.85. The Morgan fingerprint density at radius 2 is 2.09 bits per heavy atom. The number of aryl methyl sites for hydroxylation is 1. The molecule has 0 atom stereocenters. The van der Waals surface area contributed by atoms with Gasteiger partial charge in [0.15, 0.2) is 6.61 Å². The molecule has 0 saturated heterocycles. The van der Waals surface area contributed by atoms with E-state index < -0.39 is 6.61 Å². The van der Waals surface area contributed by atoms with E-state index >= 15 is 0 Å². The second-order valence-corrected chi connectivity index (χ2v) is 5.03. The molecule has 2 N–H and O–H groups in total. The summed E-state index contributed by atoms with van der Waals surface area (Å²) in [6, 6.07) is 9.95. The van der Waals surface area contributed by atoms with Crippen molar-refractivity contribution in [1.82, 2.24) is 0 Å². The topological polar surface area (TPSA) is 59.6 Å². The second-order valence-electron chi connectivity index (χ2n) is 5.03. The summed E-state index contributed by atoms with van der Waals surface area (Å²) in [5, 5.41) is 5.89. The normalized spacial score (nSPS) is 13.1. The van der Waals surface area contributed by atoms with Crippen molar-refractivity contribution < 1.29 is 23.0 Å². The van der Waals surface area contributed by atoms with Crippen LogP contribution in [-0.2, 0) is 4.79 Å². The molecule has 7 heteroatoms. The predicted molar refractivity (Wildman–Crippen MR) is 81.7 cm³/mol. The Labute approximate surface area is 131 Å². The number of amides is 1. The van der Waals surface area contributed by atoms with Crippen molar-refractivity contribution in [3.63, 3.8) is 0 Å². The zero-order valence-electron chi connectivity index (χ0n) is 12.2. The Bertz CT molecular complexity index is 750. The lowest BCUT2D eigenvalue weighted by molar-refractivity contribution is -0.118. The SMILES string of the molecule is Cc1cc(OC(F)F)ccc1Nc1ccc2c(c1)OCC(=O)N2. The van der Waals surface area contributed by atoms with Crippen LogP contribution in [0.3, 0.4) is 0 Å². The molecule has 0 aliphatic carbocycles. The first-order valence-corrected chi connectivity index (χ1v) is 6.90. The third-order valence-electron chi connectivity index (χ3n) is 3.32. The molecular formula is C16H14F2N2O3. The fourth-order valence-electron chi connectivity index (χ4n) is 2.26. The van der Waals surface area contributed by atoms with Gasteiger partial charge in [0.1, 0.15) is 11.5 Å². The lowest BCUT2D eigenvalue weighted by Crippen LogP contribution is -2.25. The van der Waals surface area contributed by atoms with Gasteiger partial charge in [-0.15, -0.1) is 0 Å². The highest BCUT2D eigenvalue weighted by molar-refractivity contribution is 5.95. The third kappa shape index (κ3) is 3.50. The number of alkyl halides is 2. The molecule has 120 valence electrons. The van der Waals surface area contributed by atoms with Crippen molar-refractivity contribution in [1.29, 1.82) is 0 Å². The number of hydrogen-bond donors (Lipinski definition) is 2. The number of nitrogens with one attached hydrogen (secondary N) is 2. The minimum absolute atomic E-state index is 0.0187. The third-order valence-corrected chi connectivity index (χ3v) is 3.32. The van der Waals surface area contributed by atoms with Gasteiger partial charge in [0, 0.05) is 17.4 Å². The summed E-state index contributed by atoms with van der Waals surface area (Å²) in [4.78, 5) is 11.2. The number of carbonyl (C=O) groups is 1. The van der Waals surface area contributed by atoms with Crippen LogP contribution in [0, 0.1) is 6.92 Å². The molecule has 2 aromatic carbocycles. The van der Waals surface area contributed by atoms with E-state index in [0.29, 0.717) is 11.4 Å². The first-order valence-electron chi connectivity index (χ1n) is 6.90. The maximum atomic E-state index is 12.2. The van der Waals surface area contributed by atoms with Crippen molar-refractivity contribution in [2.45, 2.75) is 13.5 Å². The molecule has 0 saturated carbocycles. The molecule has 0 radical (unpaired) electrons. The number of halogens is 2. The summed E-state index contributed by atoms with van der Waals surface area (Å²) < 4.78 is 34.1. The maximum Gasteiger partial charge on any atom is 0.387 e. The molecule has 23 heavy (non-hydrogen) atoms. The molecule has 0 aromatic heterocycles. The fraction of sp³-hybridized carbons (Fsp3) is 0.188. The van der Waals surface area contributed by atoms with Crippen LogP contribution in [0.25, 0.3) is 0 Å². The zero-order chi connectivity index (χ0) is 16.4. The van der Waals surface area contributed by atoms with E-state index in [9.17, 15) is 13.6 Å². The summed E-state index contributed by atoms with van der Waals surface area (Å²) in [5.41, 5.74) is 2.89. The molecule has 0 spiro atoms. The van der Waals surface area contributed by atoms with Gasteiger partial charge in [0.2, 0.25) is 0 Å². The minimum Gasteiger partial charge on any atom is -0.482 e. The largest absolute Gasteiger partial charge is 0.482 e. The maximum absolute atomic E-state index is 12.2. The van der Waals surface area contributed by atoms with E-state index in [1.54, 1.807) is 31.2 Å². The van der Waals surface area contributed by atoms with E-state index in [1.807, 2.05) is 0 Å². The lowest BCUT2D eigenvalue weighted by atomic mass is 10.1. The van der Waals surface area contributed by atoms with Crippen LogP contribution in [0.2, 0.25) is 0 Å². The van der Waals surface area contributed by atoms with Crippen LogP contribution in [0.15, 0.2) is 36.4 Å². The highest BCUT2D eigenvalue weighted by Crippen LogP contribution is 2.33. The van der Waals surface area contributed by atoms with Crippen LogP contribution in [0.4, 0.5) is 25.8 Å². The summed E-state index contributed by atoms with van der Waals surface area (Å²) >= 11 is 0. The van der Waals surface area contributed by atoms with Crippen molar-refractivity contribution in [2.75, 3.05) is 17.2 Å². The van der Waals surface area contributed by atoms with Gasteiger partial charge in [-0.1, -0.05) is 0 Å². The molecule has 0 fully saturated rings. The summed E-state index contributed by atoms with van der Waals surface area (Å²) in [7, 11) is 0. The number of carbonyl (C=O) groups excluding carboxylic acids is 1. The smallest absolute Gasteiger partial charge is 0.387 e. The van der Waals surface area contributed by atoms with E-state index in [0.717, 1.165) is 16.9 Å². The molecule has 1 heterocycles. The van der Waals surface area contributed by atoms with Crippen LogP contribution >= 0.6 is 0 Å². The molecule has 1 aliphatic heterocycles. The Morgan fingerprint density at radius 3 is 2.83 bits per heavy atom. The first kappa shape index (κ1) is 15.1. The summed E-state index contributed by atoms with van der Waals surface area (Å²) in [6.07, 6.45) is 0. The number of ether oxygens (including phenoxy) is 2. The van der Waals surface area contributed by atoms with E-state index in [1.165, 1.54) is 12.1 Å². The molecule has 1 amide bonds. The quantitative estimate of drug-likeness (QED) is 0.902. The number of anilines is 3. The summed E-state index contributed by atoms with van der Waals surface area (Å²) in [6.45, 7) is -1.08. The number of fused-ring (bicyclic) bond motifs is 1. The summed E-state index contributed by atoms with van der Waals surface area (Å²) in [5.74, 6) is 0.494. The van der Waals surface area contributed by atoms with Gasteiger partial charge in [0.05, 0.1) is 5.69 Å². The molecule has 5 nitrogen and oxygen atoms in total. The average molecular weight is 320 g/mol. The Morgan fingerprint density at radius 1 is 1.26 bits per heavy atom. The van der Waals surface area contributed by atoms with Crippen molar-refractivity contribution >= 4 is 23.0 Å². The van der Waals surface area contributed by atoms with E-state index in [4.69, 9.17) is 4.74 Å². The van der Waals surface area contributed by atoms with E-state index in [-0.39, 0.29) is 18.3 Å². The van der Waals surface area contributed by atoms with Gasteiger partial charge < -0.3 is 20.1 Å². The second kappa shape index (κ2) is 6.12. The molecule has 0 unspecified atom stereocenters. The van der Waals surface area contributed by atoms with Crippen LogP contribution in [0.5, 0.6) is 11.5 Å². The van der Waals surface area contributed by atoms with Gasteiger partial charge in [-0.3, -0.25) is 4.79 Å². The lowest BCUT2D eigenvalue weighted by Gasteiger charge is -2.19. The number of rotatable bonds is 4. The van der Waals surface area contributed by atoms with E-state index in [2.05, 4.69) is 15.4 Å². The van der Waals surface area contributed by atoms with Crippen LogP contribution < -0.4 is 20.1 Å². The van der Waals surface area contributed by atoms with Crippen LogP contribution in [0.1, 0.15) is 5.56 Å². The van der Waals surface area contributed by atoms with Crippen LogP contribution in [-0.4, -0.2) is 19.1 Å². The monoisotopic (exact) mass is 320 g/mol.